The summed E-state index contributed by atoms with van der Waals surface area (Å²) < 4.78 is 5.96. The third-order valence-corrected chi connectivity index (χ3v) is 3.28. The smallest absolute Gasteiger partial charge is 0.229 e. The van der Waals surface area contributed by atoms with E-state index in [-0.39, 0.29) is 6.10 Å². The zero-order chi connectivity index (χ0) is 14.4. The summed E-state index contributed by atoms with van der Waals surface area (Å²) in [5.41, 5.74) is 0.692. The average Bonchev–Trinajstić information content (AvgIpc) is 2.92. The Hall–Kier alpha value is -1.85. The molecule has 2 N–H and O–H groups in total. The highest BCUT2D eigenvalue weighted by Gasteiger charge is 2.13. The summed E-state index contributed by atoms with van der Waals surface area (Å²) in [4.78, 5) is 8.66. The number of unbranched alkanes of at least 4 members (excludes halogenated alkanes) is 3. The normalized spacial score (nSPS) is 12.6. The van der Waals surface area contributed by atoms with Crippen molar-refractivity contribution in [3.05, 3.63) is 6.20 Å². The molecule has 110 valence electrons. The Kier molecular flexibility index (Phi) is 5.15. The molecule has 0 aromatic carbocycles. The lowest BCUT2D eigenvalue weighted by molar-refractivity contribution is 0.201. The second-order valence-electron chi connectivity index (χ2n) is 5.01. The van der Waals surface area contributed by atoms with Gasteiger partial charge in [-0.25, -0.2) is 0 Å². The van der Waals surface area contributed by atoms with Gasteiger partial charge < -0.3 is 10.1 Å². The maximum atomic E-state index is 5.96. The molecule has 0 spiro atoms. The quantitative estimate of drug-likeness (QED) is 0.725. The van der Waals surface area contributed by atoms with Gasteiger partial charge in [0.15, 0.2) is 5.65 Å². The number of fused-ring (bicyclic) bond motifs is 1. The van der Waals surface area contributed by atoms with Crippen molar-refractivity contribution < 1.29 is 4.74 Å². The van der Waals surface area contributed by atoms with Crippen molar-refractivity contribution in [2.75, 3.05) is 12.4 Å². The Balaban J connectivity index is 2.02. The molecule has 20 heavy (non-hydrogen) atoms. The van der Waals surface area contributed by atoms with E-state index in [4.69, 9.17) is 4.74 Å². The number of nitrogens with one attached hydrogen (secondary N) is 2. The SMILES string of the molecule is CCCCCCC(C)Oc1nc(NC)nc2[nH]ncc12. The highest BCUT2D eigenvalue weighted by atomic mass is 16.5. The zero-order valence-corrected chi connectivity index (χ0v) is 12.4. The first-order valence-electron chi connectivity index (χ1n) is 7.30. The molecule has 6 heteroatoms. The number of ether oxygens (including phenoxy) is 1. The van der Waals surface area contributed by atoms with E-state index in [1.807, 2.05) is 0 Å². The molecule has 0 radical (unpaired) electrons. The van der Waals surface area contributed by atoms with E-state index in [0.29, 0.717) is 17.5 Å². The fourth-order valence-electron chi connectivity index (χ4n) is 2.12. The van der Waals surface area contributed by atoms with Crippen molar-refractivity contribution >= 4 is 17.0 Å². The molecule has 2 aromatic rings. The molecule has 2 heterocycles. The molecule has 2 aromatic heterocycles. The summed E-state index contributed by atoms with van der Waals surface area (Å²) in [6.45, 7) is 4.30. The number of rotatable bonds is 8. The lowest BCUT2D eigenvalue weighted by Crippen LogP contribution is -2.13. The highest BCUT2D eigenvalue weighted by molar-refractivity contribution is 5.80. The monoisotopic (exact) mass is 277 g/mol. The fraction of sp³-hybridized carbons (Fsp3) is 0.643. The van der Waals surface area contributed by atoms with Crippen LogP contribution in [0.3, 0.4) is 0 Å². The van der Waals surface area contributed by atoms with Crippen molar-refractivity contribution in [3.63, 3.8) is 0 Å². The number of anilines is 1. The van der Waals surface area contributed by atoms with Crippen LogP contribution >= 0.6 is 0 Å². The lowest BCUT2D eigenvalue weighted by atomic mass is 10.1. The largest absolute Gasteiger partial charge is 0.474 e. The summed E-state index contributed by atoms with van der Waals surface area (Å²) in [6.07, 6.45) is 7.87. The number of hydrogen-bond donors (Lipinski definition) is 2. The molecular formula is C14H23N5O. The van der Waals surface area contributed by atoms with Gasteiger partial charge in [-0.3, -0.25) is 5.10 Å². The lowest BCUT2D eigenvalue weighted by Gasteiger charge is -2.14. The Bertz CT molecular complexity index is 539. The zero-order valence-electron chi connectivity index (χ0n) is 12.4. The minimum atomic E-state index is 0.143. The summed E-state index contributed by atoms with van der Waals surface area (Å²) in [7, 11) is 1.79. The number of H-pyrrole nitrogens is 1. The standard InChI is InChI=1S/C14H23N5O/c1-4-5-6-7-8-10(2)20-13-11-9-16-19-12(11)17-14(15-3)18-13/h9-10H,4-8H2,1-3H3,(H2,15,16,17,18,19). The van der Waals surface area contributed by atoms with Gasteiger partial charge in [-0.05, 0) is 19.8 Å². The van der Waals surface area contributed by atoms with Crippen LogP contribution in [0.15, 0.2) is 6.20 Å². The second kappa shape index (κ2) is 7.07. The maximum absolute atomic E-state index is 5.96. The number of aromatic amines is 1. The van der Waals surface area contributed by atoms with Gasteiger partial charge in [0.2, 0.25) is 11.8 Å². The van der Waals surface area contributed by atoms with Crippen molar-refractivity contribution in [2.24, 2.45) is 0 Å². The number of hydrogen-bond acceptors (Lipinski definition) is 5. The van der Waals surface area contributed by atoms with Crippen LogP contribution in [0.4, 0.5) is 5.95 Å². The minimum Gasteiger partial charge on any atom is -0.474 e. The topological polar surface area (TPSA) is 75.7 Å². The maximum Gasteiger partial charge on any atom is 0.229 e. The van der Waals surface area contributed by atoms with E-state index in [2.05, 4.69) is 39.3 Å². The predicted octanol–water partition coefficient (Wildman–Crippen LogP) is 3.13. The molecule has 0 aliphatic heterocycles. The van der Waals surface area contributed by atoms with Crippen LogP contribution in [0.1, 0.15) is 46.0 Å². The highest BCUT2D eigenvalue weighted by Crippen LogP contribution is 2.24. The van der Waals surface area contributed by atoms with Crippen LogP contribution in [0, 0.1) is 0 Å². The summed E-state index contributed by atoms with van der Waals surface area (Å²) >= 11 is 0. The minimum absolute atomic E-state index is 0.143. The average molecular weight is 277 g/mol. The van der Waals surface area contributed by atoms with Gasteiger partial charge in [0.1, 0.15) is 5.39 Å². The fourth-order valence-corrected chi connectivity index (χ4v) is 2.12. The van der Waals surface area contributed by atoms with E-state index in [0.717, 1.165) is 11.8 Å². The van der Waals surface area contributed by atoms with Gasteiger partial charge in [0.25, 0.3) is 0 Å². The first kappa shape index (κ1) is 14.6. The van der Waals surface area contributed by atoms with Crippen LogP contribution in [0.2, 0.25) is 0 Å². The van der Waals surface area contributed by atoms with Gasteiger partial charge in [-0.2, -0.15) is 15.1 Å². The van der Waals surface area contributed by atoms with Gasteiger partial charge >= 0.3 is 0 Å². The Labute approximate surface area is 119 Å². The molecule has 0 amide bonds. The van der Waals surface area contributed by atoms with Crippen LogP contribution in [-0.4, -0.2) is 33.3 Å². The first-order valence-corrected chi connectivity index (χ1v) is 7.30. The number of nitrogens with zero attached hydrogens (tertiary/aromatic N) is 3. The molecular weight excluding hydrogens is 254 g/mol. The van der Waals surface area contributed by atoms with Gasteiger partial charge in [0, 0.05) is 7.05 Å². The first-order chi connectivity index (χ1) is 9.74. The molecule has 6 nitrogen and oxygen atoms in total. The molecule has 0 fully saturated rings. The van der Waals surface area contributed by atoms with E-state index >= 15 is 0 Å². The molecule has 2 rings (SSSR count). The van der Waals surface area contributed by atoms with Crippen molar-refractivity contribution in [1.82, 2.24) is 20.2 Å². The summed E-state index contributed by atoms with van der Waals surface area (Å²) in [5, 5.41) is 10.6. The molecule has 0 aliphatic rings. The van der Waals surface area contributed by atoms with Crippen molar-refractivity contribution in [3.8, 4) is 5.88 Å². The van der Waals surface area contributed by atoms with E-state index in [9.17, 15) is 0 Å². The van der Waals surface area contributed by atoms with E-state index < -0.39 is 0 Å². The Morgan fingerprint density at radius 2 is 2.15 bits per heavy atom. The molecule has 0 aliphatic carbocycles. The van der Waals surface area contributed by atoms with Crippen LogP contribution in [-0.2, 0) is 0 Å². The van der Waals surface area contributed by atoms with Crippen LogP contribution in [0.5, 0.6) is 5.88 Å². The molecule has 0 bridgehead atoms. The summed E-state index contributed by atoms with van der Waals surface area (Å²) in [5.74, 6) is 1.13. The molecule has 1 atom stereocenters. The van der Waals surface area contributed by atoms with Crippen molar-refractivity contribution in [1.29, 1.82) is 0 Å². The van der Waals surface area contributed by atoms with Gasteiger partial charge in [-0.15, -0.1) is 0 Å². The van der Waals surface area contributed by atoms with Gasteiger partial charge in [-0.1, -0.05) is 26.2 Å². The molecule has 0 saturated heterocycles. The molecule has 1 unspecified atom stereocenters. The van der Waals surface area contributed by atoms with E-state index in [1.54, 1.807) is 13.2 Å². The third kappa shape index (κ3) is 3.59. The van der Waals surface area contributed by atoms with Gasteiger partial charge in [0.05, 0.1) is 12.3 Å². The van der Waals surface area contributed by atoms with Crippen molar-refractivity contribution in [2.45, 2.75) is 52.1 Å². The second-order valence-corrected chi connectivity index (χ2v) is 5.01. The molecule has 0 saturated carbocycles. The Morgan fingerprint density at radius 3 is 2.90 bits per heavy atom. The van der Waals surface area contributed by atoms with Crippen LogP contribution in [0.25, 0.3) is 11.0 Å². The Morgan fingerprint density at radius 1 is 1.30 bits per heavy atom. The predicted molar refractivity (Wildman–Crippen MR) is 80.1 cm³/mol. The third-order valence-electron chi connectivity index (χ3n) is 3.28. The number of aromatic nitrogens is 4. The summed E-state index contributed by atoms with van der Waals surface area (Å²) in [6, 6.07) is 0. The van der Waals surface area contributed by atoms with Crippen LogP contribution < -0.4 is 10.1 Å². The van der Waals surface area contributed by atoms with E-state index in [1.165, 1.54) is 25.7 Å².